The van der Waals surface area contributed by atoms with Gasteiger partial charge in [-0.05, 0) is 42.9 Å². The van der Waals surface area contributed by atoms with E-state index in [9.17, 15) is 0 Å². The fraction of sp³-hybridized carbons (Fsp3) is 0.286. The molecule has 0 fully saturated rings. The van der Waals surface area contributed by atoms with Crippen molar-refractivity contribution in [1.29, 1.82) is 0 Å². The minimum atomic E-state index is 1.21. The molecule has 0 atom stereocenters. The molecular weight excluding hydrogens is 168 g/mol. The fourth-order valence-corrected chi connectivity index (χ4v) is 1.73. The quantitative estimate of drug-likeness (QED) is 0.564. The third-order valence-electron chi connectivity index (χ3n) is 2.52. The van der Waals surface area contributed by atoms with Crippen molar-refractivity contribution in [2.24, 2.45) is 0 Å². The Balaban J connectivity index is 2.28. The second-order valence-electron chi connectivity index (χ2n) is 3.76. The molecule has 0 saturated carbocycles. The SMILES string of the molecule is C1=C\c2cccc(c2)/C=C\CCCC/1. The summed E-state index contributed by atoms with van der Waals surface area (Å²) in [5, 5.41) is 0. The topological polar surface area (TPSA) is 0 Å². The molecular formula is C14H16. The predicted octanol–water partition coefficient (Wildman–Crippen LogP) is 4.29. The Hall–Kier alpha value is -1.30. The van der Waals surface area contributed by atoms with Crippen molar-refractivity contribution in [1.82, 2.24) is 0 Å². The van der Waals surface area contributed by atoms with Crippen molar-refractivity contribution >= 4 is 12.2 Å². The van der Waals surface area contributed by atoms with Crippen LogP contribution in [0.15, 0.2) is 36.4 Å². The van der Waals surface area contributed by atoms with E-state index in [1.807, 2.05) is 0 Å². The maximum Gasteiger partial charge on any atom is -0.0254 e. The molecule has 0 heteroatoms. The first kappa shape index (κ1) is 9.26. The van der Waals surface area contributed by atoms with Gasteiger partial charge in [-0.1, -0.05) is 42.5 Å². The number of hydrogen-bond donors (Lipinski definition) is 0. The molecule has 0 nitrogen and oxygen atoms in total. The maximum absolute atomic E-state index is 2.28. The third-order valence-corrected chi connectivity index (χ3v) is 2.52. The first-order valence-corrected chi connectivity index (χ1v) is 5.38. The molecule has 1 aromatic carbocycles. The van der Waals surface area contributed by atoms with Crippen LogP contribution in [0.5, 0.6) is 0 Å². The first-order chi connectivity index (χ1) is 6.95. The average molecular weight is 184 g/mol. The van der Waals surface area contributed by atoms with Crippen LogP contribution in [0.1, 0.15) is 36.8 Å². The van der Waals surface area contributed by atoms with Gasteiger partial charge in [-0.3, -0.25) is 0 Å². The van der Waals surface area contributed by atoms with Crippen LogP contribution >= 0.6 is 0 Å². The van der Waals surface area contributed by atoms with Gasteiger partial charge >= 0.3 is 0 Å². The molecule has 0 heterocycles. The third kappa shape index (κ3) is 2.59. The number of rotatable bonds is 0. The lowest BCUT2D eigenvalue weighted by molar-refractivity contribution is 0.765. The zero-order valence-corrected chi connectivity index (χ0v) is 8.45. The Labute approximate surface area is 86.0 Å². The van der Waals surface area contributed by atoms with E-state index in [1.54, 1.807) is 0 Å². The highest BCUT2D eigenvalue weighted by atomic mass is 14.0. The largest absolute Gasteiger partial charge is 0.0839 e. The highest BCUT2D eigenvalue weighted by Crippen LogP contribution is 2.12. The molecule has 2 rings (SSSR count). The number of hydrogen-bond acceptors (Lipinski definition) is 0. The lowest BCUT2D eigenvalue weighted by atomic mass is 10.1. The molecule has 1 aliphatic carbocycles. The van der Waals surface area contributed by atoms with Crippen molar-refractivity contribution in [2.45, 2.75) is 25.7 Å². The van der Waals surface area contributed by atoms with E-state index < -0.39 is 0 Å². The van der Waals surface area contributed by atoms with E-state index in [4.69, 9.17) is 0 Å². The zero-order chi connectivity index (χ0) is 9.64. The molecule has 1 aliphatic rings. The fourth-order valence-electron chi connectivity index (χ4n) is 1.73. The molecule has 0 amide bonds. The van der Waals surface area contributed by atoms with Gasteiger partial charge in [0.15, 0.2) is 0 Å². The first-order valence-electron chi connectivity index (χ1n) is 5.38. The van der Waals surface area contributed by atoms with E-state index in [2.05, 4.69) is 48.6 Å². The van der Waals surface area contributed by atoms with Crippen LogP contribution < -0.4 is 0 Å². The summed E-state index contributed by atoms with van der Waals surface area (Å²) in [6, 6.07) is 8.67. The van der Waals surface area contributed by atoms with Gasteiger partial charge in [0.25, 0.3) is 0 Å². The summed E-state index contributed by atoms with van der Waals surface area (Å²) in [6.45, 7) is 0. The molecule has 0 aromatic heterocycles. The summed E-state index contributed by atoms with van der Waals surface area (Å²) >= 11 is 0. The van der Waals surface area contributed by atoms with E-state index in [1.165, 1.54) is 36.8 Å². The standard InChI is InChI=1S/C14H16/c1-2-4-6-9-14-11-7-10-13(12-14)8-5-3-1/h5-12H,1-4H2/b8-5-,9-6-. The van der Waals surface area contributed by atoms with Crippen molar-refractivity contribution < 1.29 is 0 Å². The molecule has 0 unspecified atom stereocenters. The van der Waals surface area contributed by atoms with Gasteiger partial charge in [0.2, 0.25) is 0 Å². The van der Waals surface area contributed by atoms with E-state index in [0.717, 1.165) is 0 Å². The van der Waals surface area contributed by atoms with Crippen molar-refractivity contribution in [2.75, 3.05) is 0 Å². The molecule has 1 aromatic rings. The van der Waals surface area contributed by atoms with Crippen LogP contribution in [-0.2, 0) is 0 Å². The van der Waals surface area contributed by atoms with Gasteiger partial charge in [0.1, 0.15) is 0 Å². The van der Waals surface area contributed by atoms with Crippen LogP contribution in [-0.4, -0.2) is 0 Å². The lowest BCUT2D eigenvalue weighted by Gasteiger charge is -1.95. The van der Waals surface area contributed by atoms with Gasteiger partial charge in [0.05, 0.1) is 0 Å². The Kier molecular flexibility index (Phi) is 3.18. The highest BCUT2D eigenvalue weighted by Gasteiger charge is 1.91. The van der Waals surface area contributed by atoms with Crippen LogP contribution in [0.4, 0.5) is 0 Å². The molecule has 0 N–H and O–H groups in total. The molecule has 0 radical (unpaired) electrons. The second kappa shape index (κ2) is 4.80. The number of benzene rings is 1. The Morgan fingerprint density at radius 3 is 1.93 bits per heavy atom. The highest BCUT2D eigenvalue weighted by molar-refractivity contribution is 5.57. The van der Waals surface area contributed by atoms with Gasteiger partial charge in [-0.15, -0.1) is 0 Å². The molecule has 2 bridgehead atoms. The van der Waals surface area contributed by atoms with E-state index in [0.29, 0.717) is 0 Å². The monoisotopic (exact) mass is 184 g/mol. The smallest absolute Gasteiger partial charge is 0.0254 e. The molecule has 14 heavy (non-hydrogen) atoms. The summed E-state index contributed by atoms with van der Waals surface area (Å²) in [5.41, 5.74) is 2.63. The summed E-state index contributed by atoms with van der Waals surface area (Å²) in [4.78, 5) is 0. The normalized spacial score (nSPS) is 20.9. The molecule has 0 saturated heterocycles. The summed E-state index contributed by atoms with van der Waals surface area (Å²) < 4.78 is 0. The summed E-state index contributed by atoms with van der Waals surface area (Å²) in [6.07, 6.45) is 14.0. The summed E-state index contributed by atoms with van der Waals surface area (Å²) in [5.74, 6) is 0. The van der Waals surface area contributed by atoms with Gasteiger partial charge in [-0.25, -0.2) is 0 Å². The van der Waals surface area contributed by atoms with E-state index in [-0.39, 0.29) is 0 Å². The lowest BCUT2D eigenvalue weighted by Crippen LogP contribution is -1.74. The Morgan fingerprint density at radius 2 is 1.36 bits per heavy atom. The molecule has 72 valence electrons. The van der Waals surface area contributed by atoms with E-state index >= 15 is 0 Å². The predicted molar refractivity (Wildman–Crippen MR) is 63.0 cm³/mol. The van der Waals surface area contributed by atoms with Crippen molar-refractivity contribution in [3.05, 3.63) is 47.5 Å². The Bertz CT molecular complexity index is 314. The summed E-state index contributed by atoms with van der Waals surface area (Å²) in [7, 11) is 0. The van der Waals surface area contributed by atoms with Crippen LogP contribution in [0.3, 0.4) is 0 Å². The van der Waals surface area contributed by atoms with Gasteiger partial charge < -0.3 is 0 Å². The minimum Gasteiger partial charge on any atom is -0.0839 e. The Morgan fingerprint density at radius 1 is 0.786 bits per heavy atom. The van der Waals surface area contributed by atoms with Gasteiger partial charge in [0, 0.05) is 0 Å². The van der Waals surface area contributed by atoms with Crippen molar-refractivity contribution in [3.8, 4) is 0 Å². The average Bonchev–Trinajstić information content (AvgIpc) is 2.25. The van der Waals surface area contributed by atoms with Crippen LogP contribution in [0.25, 0.3) is 12.2 Å². The molecule has 0 spiro atoms. The van der Waals surface area contributed by atoms with Gasteiger partial charge in [-0.2, -0.15) is 0 Å². The van der Waals surface area contributed by atoms with Crippen molar-refractivity contribution in [3.63, 3.8) is 0 Å². The minimum absolute atomic E-state index is 1.21. The maximum atomic E-state index is 2.28. The molecule has 0 aliphatic heterocycles. The van der Waals surface area contributed by atoms with Crippen LogP contribution in [0, 0.1) is 0 Å². The number of allylic oxidation sites excluding steroid dienone is 2. The zero-order valence-electron chi connectivity index (χ0n) is 8.45. The second-order valence-corrected chi connectivity index (χ2v) is 3.76. The number of fused-ring (bicyclic) bond motifs is 2. The van der Waals surface area contributed by atoms with Crippen LogP contribution in [0.2, 0.25) is 0 Å².